The van der Waals surface area contributed by atoms with E-state index in [1.807, 2.05) is 6.07 Å². The molecule has 5 heteroatoms. The third kappa shape index (κ3) is 4.05. The van der Waals surface area contributed by atoms with Gasteiger partial charge in [0.25, 0.3) is 0 Å². The van der Waals surface area contributed by atoms with Crippen LogP contribution in [0.1, 0.15) is 31.2 Å². The van der Waals surface area contributed by atoms with Crippen LogP contribution in [0.15, 0.2) is 24.3 Å². The lowest BCUT2D eigenvalue weighted by atomic mass is 10.1. The molecule has 0 radical (unpaired) electrons. The highest BCUT2D eigenvalue weighted by Crippen LogP contribution is 2.12. The van der Waals surface area contributed by atoms with Crippen molar-refractivity contribution in [2.24, 2.45) is 0 Å². The minimum Gasteiger partial charge on any atom is -0.447 e. The molecule has 0 bridgehead atoms. The molecule has 2 rings (SSSR count). The molecule has 1 aliphatic heterocycles. The minimum absolute atomic E-state index is 0.168. The first-order chi connectivity index (χ1) is 9.66. The van der Waals surface area contributed by atoms with Crippen LogP contribution in [0.4, 0.5) is 9.18 Å². The van der Waals surface area contributed by atoms with Crippen molar-refractivity contribution < 1.29 is 18.7 Å². The summed E-state index contributed by atoms with van der Waals surface area (Å²) in [4.78, 5) is 24.0. The molecule has 4 nitrogen and oxygen atoms in total. The van der Waals surface area contributed by atoms with E-state index in [0.717, 1.165) is 36.1 Å². The van der Waals surface area contributed by atoms with Crippen LogP contribution in [0.25, 0.3) is 0 Å². The van der Waals surface area contributed by atoms with E-state index < -0.39 is 6.09 Å². The van der Waals surface area contributed by atoms with Crippen molar-refractivity contribution in [3.8, 4) is 0 Å². The fraction of sp³-hybridized carbons (Fsp3) is 0.467. The monoisotopic (exact) mass is 279 g/mol. The van der Waals surface area contributed by atoms with Crippen molar-refractivity contribution in [2.75, 3.05) is 13.2 Å². The zero-order valence-electron chi connectivity index (χ0n) is 11.3. The maximum atomic E-state index is 13.0. The van der Waals surface area contributed by atoms with Gasteiger partial charge in [-0.2, -0.15) is 0 Å². The maximum absolute atomic E-state index is 13.0. The smallest absolute Gasteiger partial charge is 0.416 e. The van der Waals surface area contributed by atoms with Gasteiger partial charge in [-0.3, -0.25) is 4.79 Å². The topological polar surface area (TPSA) is 46.6 Å². The summed E-state index contributed by atoms with van der Waals surface area (Å²) in [5.41, 5.74) is 0.972. The molecule has 1 aromatic rings. The normalized spacial score (nSPS) is 14.4. The van der Waals surface area contributed by atoms with Crippen molar-refractivity contribution in [3.05, 3.63) is 35.6 Å². The number of imide groups is 1. The van der Waals surface area contributed by atoms with Gasteiger partial charge in [0, 0.05) is 6.42 Å². The number of cyclic esters (lactones) is 1. The first kappa shape index (κ1) is 14.5. The summed E-state index contributed by atoms with van der Waals surface area (Å²) in [5, 5.41) is 0. The number of amides is 2. The lowest BCUT2D eigenvalue weighted by Crippen LogP contribution is -2.31. The Balaban J connectivity index is 1.62. The average molecular weight is 279 g/mol. The molecule has 0 aliphatic carbocycles. The van der Waals surface area contributed by atoms with E-state index in [1.54, 1.807) is 6.07 Å². The number of rotatable bonds is 6. The van der Waals surface area contributed by atoms with Gasteiger partial charge in [0.2, 0.25) is 5.91 Å². The number of benzene rings is 1. The van der Waals surface area contributed by atoms with Crippen LogP contribution in [-0.4, -0.2) is 30.1 Å². The van der Waals surface area contributed by atoms with Crippen LogP contribution < -0.4 is 0 Å². The molecule has 1 heterocycles. The number of hydrogen-bond donors (Lipinski definition) is 0. The van der Waals surface area contributed by atoms with Gasteiger partial charge in [0.05, 0.1) is 6.54 Å². The zero-order chi connectivity index (χ0) is 14.4. The Morgan fingerprint density at radius 2 is 2.15 bits per heavy atom. The van der Waals surface area contributed by atoms with E-state index in [4.69, 9.17) is 4.74 Å². The molecule has 0 atom stereocenters. The highest BCUT2D eigenvalue weighted by atomic mass is 19.1. The summed E-state index contributed by atoms with van der Waals surface area (Å²) < 4.78 is 17.7. The van der Waals surface area contributed by atoms with Gasteiger partial charge in [-0.15, -0.1) is 0 Å². The fourth-order valence-corrected chi connectivity index (χ4v) is 2.23. The Hall–Kier alpha value is -1.91. The Bertz CT molecular complexity index is 490. The van der Waals surface area contributed by atoms with Crippen LogP contribution in [0.5, 0.6) is 0 Å². The quantitative estimate of drug-likeness (QED) is 0.752. The summed E-state index contributed by atoms with van der Waals surface area (Å²) in [6.07, 6.45) is 3.15. The van der Waals surface area contributed by atoms with Gasteiger partial charge in [0.1, 0.15) is 12.4 Å². The molecule has 0 unspecified atom stereocenters. The van der Waals surface area contributed by atoms with E-state index in [0.29, 0.717) is 19.6 Å². The molecule has 1 aromatic carbocycles. The van der Waals surface area contributed by atoms with E-state index in [1.165, 1.54) is 12.1 Å². The zero-order valence-corrected chi connectivity index (χ0v) is 11.3. The van der Waals surface area contributed by atoms with Crippen LogP contribution >= 0.6 is 0 Å². The number of aryl methyl sites for hydroxylation is 1. The SMILES string of the molecule is O=C(CCCCCc1cccc(F)c1)N1CCOC1=O. The van der Waals surface area contributed by atoms with E-state index in [2.05, 4.69) is 0 Å². The van der Waals surface area contributed by atoms with Crippen molar-refractivity contribution in [1.82, 2.24) is 4.90 Å². The predicted octanol–water partition coefficient (Wildman–Crippen LogP) is 2.91. The number of halogens is 1. The molecule has 1 saturated heterocycles. The maximum Gasteiger partial charge on any atom is 0.416 e. The summed E-state index contributed by atoms with van der Waals surface area (Å²) in [7, 11) is 0. The van der Waals surface area contributed by atoms with Crippen molar-refractivity contribution in [3.63, 3.8) is 0 Å². The molecule has 0 spiro atoms. The van der Waals surface area contributed by atoms with Gasteiger partial charge in [-0.1, -0.05) is 18.6 Å². The Kier molecular flexibility index (Phi) is 5.09. The molecular weight excluding hydrogens is 261 g/mol. The lowest BCUT2D eigenvalue weighted by molar-refractivity contribution is -0.127. The van der Waals surface area contributed by atoms with Crippen LogP contribution in [0.3, 0.4) is 0 Å². The van der Waals surface area contributed by atoms with Crippen LogP contribution in [0, 0.1) is 5.82 Å². The largest absolute Gasteiger partial charge is 0.447 e. The summed E-state index contributed by atoms with van der Waals surface area (Å²) in [6, 6.07) is 6.56. The molecule has 0 saturated carbocycles. The van der Waals surface area contributed by atoms with Gasteiger partial charge in [-0.05, 0) is 37.0 Å². The summed E-state index contributed by atoms with van der Waals surface area (Å²) in [5.74, 6) is -0.386. The molecule has 0 N–H and O–H groups in total. The van der Waals surface area contributed by atoms with Crippen molar-refractivity contribution in [1.29, 1.82) is 0 Å². The highest BCUT2D eigenvalue weighted by Gasteiger charge is 2.27. The van der Waals surface area contributed by atoms with E-state index >= 15 is 0 Å². The number of carbonyl (C=O) groups is 2. The summed E-state index contributed by atoms with van der Waals surface area (Å²) in [6.45, 7) is 0.658. The molecular formula is C15H18FNO3. The van der Waals surface area contributed by atoms with E-state index in [-0.39, 0.29) is 11.7 Å². The van der Waals surface area contributed by atoms with E-state index in [9.17, 15) is 14.0 Å². The third-order valence-electron chi connectivity index (χ3n) is 3.31. The Labute approximate surface area is 117 Å². The predicted molar refractivity (Wildman–Crippen MR) is 71.6 cm³/mol. The summed E-state index contributed by atoms with van der Waals surface area (Å²) >= 11 is 0. The lowest BCUT2D eigenvalue weighted by Gasteiger charge is -2.10. The van der Waals surface area contributed by atoms with Gasteiger partial charge >= 0.3 is 6.09 Å². The Morgan fingerprint density at radius 3 is 2.85 bits per heavy atom. The van der Waals surface area contributed by atoms with Crippen LogP contribution in [-0.2, 0) is 16.0 Å². The minimum atomic E-state index is -0.533. The number of carbonyl (C=O) groups excluding carboxylic acids is 2. The fourth-order valence-electron chi connectivity index (χ4n) is 2.23. The second-order valence-corrected chi connectivity index (χ2v) is 4.85. The molecule has 1 fully saturated rings. The molecule has 20 heavy (non-hydrogen) atoms. The van der Waals surface area contributed by atoms with Gasteiger partial charge < -0.3 is 4.74 Å². The molecule has 0 aromatic heterocycles. The first-order valence-electron chi connectivity index (χ1n) is 6.88. The standard InChI is InChI=1S/C15H18FNO3/c16-13-7-4-6-12(11-13)5-2-1-3-8-14(18)17-9-10-20-15(17)19/h4,6-7,11H,1-3,5,8-10H2. The highest BCUT2D eigenvalue weighted by molar-refractivity contribution is 5.92. The number of ether oxygens (including phenoxy) is 1. The second-order valence-electron chi connectivity index (χ2n) is 4.85. The molecule has 1 aliphatic rings. The van der Waals surface area contributed by atoms with Crippen molar-refractivity contribution in [2.45, 2.75) is 32.1 Å². The average Bonchev–Trinajstić information content (AvgIpc) is 2.84. The van der Waals surface area contributed by atoms with Crippen LogP contribution in [0.2, 0.25) is 0 Å². The second kappa shape index (κ2) is 7.03. The van der Waals surface area contributed by atoms with Gasteiger partial charge in [-0.25, -0.2) is 14.1 Å². The first-order valence-corrected chi connectivity index (χ1v) is 6.88. The number of unbranched alkanes of at least 4 members (excludes halogenated alkanes) is 2. The van der Waals surface area contributed by atoms with Gasteiger partial charge in [0.15, 0.2) is 0 Å². The van der Waals surface area contributed by atoms with Crippen molar-refractivity contribution >= 4 is 12.0 Å². The Morgan fingerprint density at radius 1 is 1.30 bits per heavy atom. The number of hydrogen-bond acceptors (Lipinski definition) is 3. The molecule has 2 amide bonds. The molecule has 108 valence electrons. The number of nitrogens with zero attached hydrogens (tertiary/aromatic N) is 1. The third-order valence-corrected chi connectivity index (χ3v) is 3.31.